The van der Waals surface area contributed by atoms with E-state index < -0.39 is 0 Å². The Labute approximate surface area is 146 Å². The lowest BCUT2D eigenvalue weighted by Crippen LogP contribution is -2.44. The SMILES string of the molecule is CC1CCc2cc(F)ccc2N1CC(=O)NCc1ccc(Cl)cc1. The van der Waals surface area contributed by atoms with E-state index in [1.165, 1.54) is 6.07 Å². The number of benzene rings is 2. The summed E-state index contributed by atoms with van der Waals surface area (Å²) in [4.78, 5) is 14.4. The molecule has 0 saturated heterocycles. The molecule has 1 unspecified atom stereocenters. The molecule has 0 spiro atoms. The van der Waals surface area contributed by atoms with Crippen LogP contribution in [0.25, 0.3) is 0 Å². The number of hydrogen-bond acceptors (Lipinski definition) is 2. The Balaban J connectivity index is 1.64. The summed E-state index contributed by atoms with van der Waals surface area (Å²) < 4.78 is 13.4. The van der Waals surface area contributed by atoms with Crippen molar-refractivity contribution in [3.8, 4) is 0 Å². The number of fused-ring (bicyclic) bond motifs is 1. The van der Waals surface area contributed by atoms with Crippen LogP contribution in [-0.4, -0.2) is 18.5 Å². The van der Waals surface area contributed by atoms with Crippen LogP contribution in [0.3, 0.4) is 0 Å². The van der Waals surface area contributed by atoms with Gasteiger partial charge >= 0.3 is 0 Å². The van der Waals surface area contributed by atoms with Crippen molar-refractivity contribution < 1.29 is 9.18 Å². The van der Waals surface area contributed by atoms with Gasteiger partial charge in [-0.2, -0.15) is 0 Å². The number of nitrogens with zero attached hydrogens (tertiary/aromatic N) is 1. The van der Waals surface area contributed by atoms with Gasteiger partial charge in [0.05, 0.1) is 6.54 Å². The van der Waals surface area contributed by atoms with Gasteiger partial charge in [0.2, 0.25) is 5.91 Å². The molecule has 24 heavy (non-hydrogen) atoms. The molecule has 1 amide bonds. The maximum absolute atomic E-state index is 13.4. The molecule has 3 rings (SSSR count). The fourth-order valence-corrected chi connectivity index (χ4v) is 3.17. The average Bonchev–Trinajstić information content (AvgIpc) is 2.57. The molecule has 1 heterocycles. The van der Waals surface area contributed by atoms with Gasteiger partial charge in [-0.25, -0.2) is 4.39 Å². The minimum Gasteiger partial charge on any atom is -0.359 e. The summed E-state index contributed by atoms with van der Waals surface area (Å²) in [5.74, 6) is -0.274. The van der Waals surface area contributed by atoms with Crippen LogP contribution in [0.1, 0.15) is 24.5 Å². The minimum absolute atomic E-state index is 0.0472. The average molecular weight is 347 g/mol. The molecule has 0 aromatic heterocycles. The predicted molar refractivity (Wildman–Crippen MR) is 94.8 cm³/mol. The first-order valence-electron chi connectivity index (χ1n) is 8.09. The highest BCUT2D eigenvalue weighted by atomic mass is 35.5. The molecule has 126 valence electrons. The third-order valence-corrected chi connectivity index (χ3v) is 4.68. The lowest BCUT2D eigenvalue weighted by atomic mass is 9.96. The highest BCUT2D eigenvalue weighted by Gasteiger charge is 2.25. The molecule has 1 N–H and O–H groups in total. The van der Waals surface area contributed by atoms with Gasteiger partial charge in [-0.3, -0.25) is 4.79 Å². The molecule has 0 saturated carbocycles. The van der Waals surface area contributed by atoms with Gasteiger partial charge < -0.3 is 10.2 Å². The van der Waals surface area contributed by atoms with E-state index in [9.17, 15) is 9.18 Å². The van der Waals surface area contributed by atoms with Crippen LogP contribution >= 0.6 is 11.6 Å². The maximum atomic E-state index is 13.4. The first-order valence-corrected chi connectivity index (χ1v) is 8.47. The minimum atomic E-state index is -0.226. The summed E-state index contributed by atoms with van der Waals surface area (Å²) in [5, 5.41) is 3.61. The molecule has 5 heteroatoms. The van der Waals surface area contributed by atoms with E-state index >= 15 is 0 Å². The van der Waals surface area contributed by atoms with Crippen LogP contribution in [0.5, 0.6) is 0 Å². The van der Waals surface area contributed by atoms with E-state index in [4.69, 9.17) is 11.6 Å². The summed E-state index contributed by atoms with van der Waals surface area (Å²) in [6.45, 7) is 2.83. The number of rotatable bonds is 4. The van der Waals surface area contributed by atoms with Gasteiger partial charge in [0.15, 0.2) is 0 Å². The Morgan fingerprint density at radius 3 is 2.79 bits per heavy atom. The van der Waals surface area contributed by atoms with Crippen molar-refractivity contribution in [3.63, 3.8) is 0 Å². The molecule has 0 aliphatic carbocycles. The predicted octanol–water partition coefficient (Wildman–Crippen LogP) is 3.94. The fraction of sp³-hybridized carbons (Fsp3) is 0.316. The highest BCUT2D eigenvalue weighted by Crippen LogP contribution is 2.30. The van der Waals surface area contributed by atoms with Crippen LogP contribution in [0.2, 0.25) is 5.02 Å². The number of nitrogens with one attached hydrogen (secondary N) is 1. The summed E-state index contributed by atoms with van der Waals surface area (Å²) in [5.41, 5.74) is 2.93. The van der Waals surface area contributed by atoms with Crippen molar-refractivity contribution >= 4 is 23.2 Å². The van der Waals surface area contributed by atoms with Crippen LogP contribution < -0.4 is 10.2 Å². The molecule has 0 fully saturated rings. The van der Waals surface area contributed by atoms with Crippen molar-refractivity contribution in [1.82, 2.24) is 5.32 Å². The summed E-state index contributed by atoms with van der Waals surface area (Å²) in [6, 6.07) is 12.4. The highest BCUT2D eigenvalue weighted by molar-refractivity contribution is 6.30. The van der Waals surface area contributed by atoms with E-state index in [-0.39, 0.29) is 24.3 Å². The van der Waals surface area contributed by atoms with E-state index in [0.717, 1.165) is 29.7 Å². The van der Waals surface area contributed by atoms with Crippen molar-refractivity contribution in [3.05, 3.63) is 64.4 Å². The Morgan fingerprint density at radius 2 is 2.04 bits per heavy atom. The van der Waals surface area contributed by atoms with Crippen molar-refractivity contribution in [2.75, 3.05) is 11.4 Å². The van der Waals surface area contributed by atoms with Gasteiger partial charge in [-0.1, -0.05) is 23.7 Å². The van der Waals surface area contributed by atoms with Gasteiger partial charge in [0.25, 0.3) is 0 Å². The smallest absolute Gasteiger partial charge is 0.239 e. The number of amides is 1. The van der Waals surface area contributed by atoms with Crippen molar-refractivity contribution in [2.45, 2.75) is 32.4 Å². The largest absolute Gasteiger partial charge is 0.359 e. The zero-order valence-corrected chi connectivity index (χ0v) is 14.3. The monoisotopic (exact) mass is 346 g/mol. The first kappa shape index (κ1) is 16.8. The topological polar surface area (TPSA) is 32.3 Å². The fourth-order valence-electron chi connectivity index (χ4n) is 3.05. The standard InChI is InChI=1S/C19H20ClFN2O/c1-13-2-5-15-10-17(21)8-9-18(15)23(13)12-19(24)22-11-14-3-6-16(20)7-4-14/h3-4,6-10,13H,2,5,11-12H2,1H3,(H,22,24). The third kappa shape index (κ3) is 3.88. The second-order valence-corrected chi connectivity index (χ2v) is 6.63. The summed E-state index contributed by atoms with van der Waals surface area (Å²) in [7, 11) is 0. The quantitative estimate of drug-likeness (QED) is 0.909. The Kier molecular flexibility index (Phi) is 5.05. The molecule has 1 aliphatic rings. The van der Waals surface area contributed by atoms with Gasteiger partial charge in [0, 0.05) is 23.3 Å². The number of anilines is 1. The van der Waals surface area contributed by atoms with Gasteiger partial charge in [-0.15, -0.1) is 0 Å². The number of aryl methyl sites for hydroxylation is 1. The Morgan fingerprint density at radius 1 is 1.29 bits per heavy atom. The zero-order chi connectivity index (χ0) is 17.1. The lowest BCUT2D eigenvalue weighted by Gasteiger charge is -2.36. The van der Waals surface area contributed by atoms with Crippen LogP contribution in [-0.2, 0) is 17.8 Å². The zero-order valence-electron chi connectivity index (χ0n) is 13.6. The Bertz CT molecular complexity index is 733. The molecule has 0 radical (unpaired) electrons. The summed E-state index contributed by atoms with van der Waals surface area (Å²) >= 11 is 5.86. The van der Waals surface area contributed by atoms with E-state index in [0.29, 0.717) is 11.6 Å². The number of hydrogen-bond donors (Lipinski definition) is 1. The molecular formula is C19H20ClFN2O. The molecular weight excluding hydrogens is 327 g/mol. The van der Waals surface area contributed by atoms with Crippen molar-refractivity contribution in [2.24, 2.45) is 0 Å². The van der Waals surface area contributed by atoms with E-state index in [2.05, 4.69) is 17.1 Å². The van der Waals surface area contributed by atoms with Crippen molar-refractivity contribution in [1.29, 1.82) is 0 Å². The molecule has 2 aromatic carbocycles. The van der Waals surface area contributed by atoms with Gasteiger partial charge in [0.1, 0.15) is 5.82 Å². The maximum Gasteiger partial charge on any atom is 0.239 e. The van der Waals surface area contributed by atoms with E-state index in [1.54, 1.807) is 24.3 Å². The van der Waals surface area contributed by atoms with Crippen LogP contribution in [0.4, 0.5) is 10.1 Å². The second-order valence-electron chi connectivity index (χ2n) is 6.19. The molecule has 1 atom stereocenters. The van der Waals surface area contributed by atoms with Crippen LogP contribution in [0, 0.1) is 5.82 Å². The first-order chi connectivity index (χ1) is 11.5. The lowest BCUT2D eigenvalue weighted by molar-refractivity contribution is -0.120. The molecule has 1 aliphatic heterocycles. The Hall–Kier alpha value is -2.07. The molecule has 0 bridgehead atoms. The van der Waals surface area contributed by atoms with E-state index in [1.807, 2.05) is 12.1 Å². The number of halogens is 2. The summed E-state index contributed by atoms with van der Waals surface area (Å²) in [6.07, 6.45) is 1.76. The number of carbonyl (C=O) groups is 1. The molecule has 2 aromatic rings. The second kappa shape index (κ2) is 7.22. The number of carbonyl (C=O) groups excluding carboxylic acids is 1. The third-order valence-electron chi connectivity index (χ3n) is 4.43. The van der Waals surface area contributed by atoms with Gasteiger partial charge in [-0.05, 0) is 61.2 Å². The van der Waals surface area contributed by atoms with Crippen LogP contribution in [0.15, 0.2) is 42.5 Å². The molecule has 3 nitrogen and oxygen atoms in total. The normalized spacial score (nSPS) is 16.6.